The number of fused-ring (bicyclic) bond motifs is 2. The minimum atomic E-state index is -2.33. The van der Waals surface area contributed by atoms with E-state index in [4.69, 9.17) is 25.7 Å². The van der Waals surface area contributed by atoms with Crippen molar-refractivity contribution in [1.82, 2.24) is 10.2 Å². The summed E-state index contributed by atoms with van der Waals surface area (Å²) >= 11 is 0. The van der Waals surface area contributed by atoms with Gasteiger partial charge in [0.1, 0.15) is 41.6 Å². The molecular weight excluding hydrogens is 788 g/mol. The molecule has 2 amide bonds. The molecule has 3 heterocycles. The number of aliphatic hydroxyl groups excluding tert-OH is 6. The lowest BCUT2D eigenvalue weighted by Crippen LogP contribution is -2.94. The Balaban J connectivity index is 1.28. The summed E-state index contributed by atoms with van der Waals surface area (Å²) in [5.74, 6) is -8.76. The van der Waals surface area contributed by atoms with Gasteiger partial charge in [-0.2, -0.15) is 0 Å². The lowest BCUT2D eigenvalue weighted by atomic mass is 9.51. The molecule has 0 spiro atoms. The first-order valence-electron chi connectivity index (χ1n) is 21.2. The number of nitrogens with zero attached hydrogens (tertiary/aromatic N) is 1. The number of ether oxygens (including phenoxy) is 3. The Morgan fingerprint density at radius 3 is 2.32 bits per heavy atom. The third kappa shape index (κ3) is 8.67. The fourth-order valence-corrected chi connectivity index (χ4v) is 11.6. The van der Waals surface area contributed by atoms with Crippen LogP contribution >= 0.6 is 0 Å². The van der Waals surface area contributed by atoms with Crippen molar-refractivity contribution in [3.8, 4) is 0 Å². The maximum atomic E-state index is 14.9. The molecule has 5 fully saturated rings. The van der Waals surface area contributed by atoms with E-state index in [0.717, 1.165) is 17.1 Å². The lowest BCUT2D eigenvalue weighted by molar-refractivity contribution is -0.699. The van der Waals surface area contributed by atoms with E-state index in [0.29, 0.717) is 19.4 Å². The van der Waals surface area contributed by atoms with E-state index < -0.39 is 127 Å². The number of nitrogens with two attached hydrogens (primary N) is 3. The molecule has 0 bridgehead atoms. The molecule has 6 aliphatic rings. The number of methoxy groups -OCH3 is 1. The number of piperidine rings is 1. The molecule has 3 aliphatic heterocycles. The highest BCUT2D eigenvalue weighted by molar-refractivity contribution is 6.12. The Morgan fingerprint density at radius 1 is 1.02 bits per heavy atom. The average Bonchev–Trinajstić information content (AvgIpc) is 3.54. The summed E-state index contributed by atoms with van der Waals surface area (Å²) < 4.78 is 18.2. The highest BCUT2D eigenvalue weighted by Crippen LogP contribution is 2.53. The molecule has 6 rings (SSSR count). The van der Waals surface area contributed by atoms with Crippen LogP contribution in [0.25, 0.3) is 0 Å². The summed E-state index contributed by atoms with van der Waals surface area (Å²) in [7, 11) is 3.00. The molecule has 20 nitrogen and oxygen atoms in total. The summed E-state index contributed by atoms with van der Waals surface area (Å²) in [6.45, 7) is 0.775. The van der Waals surface area contributed by atoms with Gasteiger partial charge in [-0.15, -0.1) is 0 Å². The number of nitrogens with one attached hydrogen (secondary N) is 2. The van der Waals surface area contributed by atoms with Crippen molar-refractivity contribution in [2.75, 3.05) is 47.1 Å². The Labute approximate surface area is 348 Å². The molecule has 60 heavy (non-hydrogen) atoms. The highest BCUT2D eigenvalue weighted by atomic mass is 16.7. The van der Waals surface area contributed by atoms with Gasteiger partial charge in [0.2, 0.25) is 0 Å². The third-order valence-electron chi connectivity index (χ3n) is 14.6. The second kappa shape index (κ2) is 19.2. The summed E-state index contributed by atoms with van der Waals surface area (Å²) in [6.07, 6.45) is -7.59. The monoisotopic (exact) mass is 854 g/mol. The number of quaternary nitrogens is 1. The molecule has 2 saturated heterocycles. The van der Waals surface area contributed by atoms with Crippen LogP contribution in [0.5, 0.6) is 0 Å². The van der Waals surface area contributed by atoms with Gasteiger partial charge in [-0.1, -0.05) is 6.92 Å². The van der Waals surface area contributed by atoms with E-state index in [-0.39, 0.29) is 68.6 Å². The second-order valence-electron chi connectivity index (χ2n) is 17.9. The summed E-state index contributed by atoms with van der Waals surface area (Å²) in [4.78, 5) is 58.6. The van der Waals surface area contributed by atoms with Crippen LogP contribution < -0.4 is 27.1 Å². The Hall–Kier alpha value is -2.99. The van der Waals surface area contributed by atoms with Crippen LogP contribution in [0, 0.1) is 53.3 Å². The minimum absolute atomic E-state index is 0.0682. The highest BCUT2D eigenvalue weighted by Gasteiger charge is 2.64. The van der Waals surface area contributed by atoms with Gasteiger partial charge in [0.25, 0.3) is 11.8 Å². The summed E-state index contributed by atoms with van der Waals surface area (Å²) in [5, 5.41) is 84.0. The number of guanidine groups is 1. The van der Waals surface area contributed by atoms with Crippen LogP contribution in [0.1, 0.15) is 45.4 Å². The summed E-state index contributed by atoms with van der Waals surface area (Å²) in [5.41, 5.74) is 9.97. The number of amides is 2. The zero-order valence-electron chi connectivity index (χ0n) is 34.5. The number of ketones is 2. The molecule has 3 aliphatic carbocycles. The van der Waals surface area contributed by atoms with Gasteiger partial charge in [0.15, 0.2) is 6.29 Å². The van der Waals surface area contributed by atoms with Crippen LogP contribution in [-0.4, -0.2) is 178 Å². The van der Waals surface area contributed by atoms with Crippen molar-refractivity contribution in [1.29, 1.82) is 0 Å². The SMILES string of the molecule is C[NH+]=C(N)N[C@@H](CCO)C1C(C)CC2C(=O)C3C(CO)C(OC)CC(O[C@H]4O[C@H](CO)[C@](O)(C[C@H](CN5C(=O)C=CC5=O)C5CC[NH2+]C(N)C5)[C@H](O)[C@H]4O)C3C(=O)C2C1O. The standard InChI is InChI=1S/C40H64N6O14/c1-17-10-20-31(34(53)29(17)22(7-9-47)45-39(42)43-2)35(54)32-24(12-23(58-3)21(15-48)30(32)33(20)52)59-38-36(55)37(56)40(57,25(16-49)60-38)13-19(18-6-8-44-26(41)11-18)14-46-27(50)4-5-28(46)51/h4-5,17-26,29-32,34,36-38,44,47-49,53,55-57H,6-16,41H2,1-3H3,(H3,42,43,45)/p+2/t17?,18?,19-,20?,21?,22+,23?,24?,25-,26?,29?,30?,31?,32?,34?,36-,37-,38+,40-/m1/s1. The first-order valence-corrected chi connectivity index (χ1v) is 21.2. The van der Waals surface area contributed by atoms with Crippen LogP contribution in [0.4, 0.5) is 0 Å². The number of carbonyl (C=O) groups excluding carboxylic acids is 4. The molecule has 338 valence electrons. The largest absolute Gasteiger partial charge is 0.396 e. The van der Waals surface area contributed by atoms with Gasteiger partial charge in [0.05, 0.1) is 56.4 Å². The quantitative estimate of drug-likeness (QED) is 0.0439. The normalized spacial score (nSPS) is 43.5. The van der Waals surface area contributed by atoms with Crippen molar-refractivity contribution in [2.24, 2.45) is 64.7 Å². The number of hydrogen-bond acceptors (Lipinski definition) is 15. The minimum Gasteiger partial charge on any atom is -0.396 e. The number of hydrogen-bond donors (Lipinski definition) is 12. The first-order chi connectivity index (χ1) is 28.5. The fraction of sp³-hybridized carbons (Fsp3) is 0.825. The van der Waals surface area contributed by atoms with Gasteiger partial charge in [0, 0.05) is 82.0 Å². The predicted molar refractivity (Wildman–Crippen MR) is 207 cm³/mol. The Bertz CT molecular complexity index is 1620. The molecule has 19 atom stereocenters. The van der Waals surface area contributed by atoms with E-state index in [2.05, 4.69) is 10.3 Å². The van der Waals surface area contributed by atoms with Crippen molar-refractivity contribution in [2.45, 2.75) is 106 Å². The number of rotatable bonds is 14. The van der Waals surface area contributed by atoms with Crippen LogP contribution in [0.3, 0.4) is 0 Å². The number of aliphatic hydroxyl groups is 7. The van der Waals surface area contributed by atoms with Crippen molar-refractivity contribution in [3.63, 3.8) is 0 Å². The molecule has 0 aromatic rings. The van der Waals surface area contributed by atoms with Crippen LogP contribution in [0.15, 0.2) is 12.2 Å². The number of carbonyl (C=O) groups is 4. The maximum Gasteiger partial charge on any atom is 0.341 e. The Kier molecular flexibility index (Phi) is 14.9. The molecule has 3 saturated carbocycles. The van der Waals surface area contributed by atoms with Gasteiger partial charge in [-0.05, 0) is 37.0 Å². The number of imide groups is 1. The van der Waals surface area contributed by atoms with Crippen LogP contribution in [-0.2, 0) is 33.4 Å². The molecule has 0 aromatic carbocycles. The van der Waals surface area contributed by atoms with E-state index in [1.165, 1.54) is 7.11 Å². The van der Waals surface area contributed by atoms with Gasteiger partial charge >= 0.3 is 5.96 Å². The number of Topliss-reactive ketones (excluding diaryl/α,β-unsaturated/α-hetero) is 2. The van der Waals surface area contributed by atoms with E-state index in [1.807, 2.05) is 12.2 Å². The second-order valence-corrected chi connectivity index (χ2v) is 17.9. The van der Waals surface area contributed by atoms with E-state index >= 15 is 0 Å². The summed E-state index contributed by atoms with van der Waals surface area (Å²) in [6, 6.07) is -0.572. The van der Waals surface area contributed by atoms with Gasteiger partial charge in [-0.3, -0.25) is 45.9 Å². The van der Waals surface area contributed by atoms with Gasteiger partial charge in [-0.25, -0.2) is 0 Å². The zero-order valence-corrected chi connectivity index (χ0v) is 34.5. The van der Waals surface area contributed by atoms with E-state index in [1.54, 1.807) is 7.05 Å². The smallest absolute Gasteiger partial charge is 0.341 e. The molecular formula is C40H66N6O14+2. The van der Waals surface area contributed by atoms with E-state index in [9.17, 15) is 54.9 Å². The molecule has 12 unspecified atom stereocenters. The Morgan fingerprint density at radius 2 is 1.72 bits per heavy atom. The fourth-order valence-electron chi connectivity index (χ4n) is 11.6. The topological polar surface area (TPSA) is 335 Å². The molecule has 15 N–H and O–H groups in total. The molecule has 20 heteroatoms. The third-order valence-corrected chi connectivity index (χ3v) is 14.6. The van der Waals surface area contributed by atoms with Crippen molar-refractivity contribution in [3.05, 3.63) is 12.2 Å². The van der Waals surface area contributed by atoms with Gasteiger partial charge < -0.3 is 55.3 Å². The maximum absolute atomic E-state index is 14.9. The first kappa shape index (κ1) is 46.5. The lowest BCUT2D eigenvalue weighted by Gasteiger charge is -2.55. The van der Waals surface area contributed by atoms with Crippen molar-refractivity contribution >= 4 is 29.3 Å². The van der Waals surface area contributed by atoms with Crippen molar-refractivity contribution < 1.29 is 79.4 Å². The predicted octanol–water partition coefficient (Wildman–Crippen LogP) is -7.24. The molecule has 0 radical (unpaired) electrons. The molecule has 0 aromatic heterocycles. The van der Waals surface area contributed by atoms with Crippen LogP contribution in [0.2, 0.25) is 0 Å². The average molecular weight is 855 g/mol. The zero-order chi connectivity index (χ0) is 43.8.